The number of benzene rings is 1. The van der Waals surface area contributed by atoms with Gasteiger partial charge in [-0.2, -0.15) is 0 Å². The molecule has 0 unspecified atom stereocenters. The molecule has 1 aromatic carbocycles. The molecule has 0 spiro atoms. The molecule has 3 nitrogen and oxygen atoms in total. The van der Waals surface area contributed by atoms with Crippen LogP contribution >= 0.6 is 0 Å². The Morgan fingerprint density at radius 3 is 2.65 bits per heavy atom. The van der Waals surface area contributed by atoms with Crippen LogP contribution in [0.25, 0.3) is 0 Å². The fourth-order valence-corrected chi connectivity index (χ4v) is 2.00. The summed E-state index contributed by atoms with van der Waals surface area (Å²) in [7, 11) is 1.40. The first-order valence-electron chi connectivity index (χ1n) is 5.82. The molecule has 0 N–H and O–H groups in total. The van der Waals surface area contributed by atoms with Crippen molar-refractivity contribution in [1.29, 1.82) is 0 Å². The van der Waals surface area contributed by atoms with Gasteiger partial charge in [0, 0.05) is 6.42 Å². The molecule has 2 rings (SSSR count). The van der Waals surface area contributed by atoms with E-state index in [0.29, 0.717) is 17.9 Å². The Morgan fingerprint density at radius 2 is 2.06 bits per heavy atom. The van der Waals surface area contributed by atoms with Crippen molar-refractivity contribution in [3.05, 3.63) is 28.8 Å². The summed E-state index contributed by atoms with van der Waals surface area (Å²) in [4.78, 5) is 11.8. The van der Waals surface area contributed by atoms with E-state index in [1.807, 2.05) is 6.07 Å². The first-order valence-corrected chi connectivity index (χ1v) is 5.82. The van der Waals surface area contributed by atoms with Gasteiger partial charge in [-0.25, -0.2) is 4.79 Å². The van der Waals surface area contributed by atoms with E-state index in [1.54, 1.807) is 0 Å². The van der Waals surface area contributed by atoms with E-state index >= 15 is 0 Å². The molecule has 0 bridgehead atoms. The summed E-state index contributed by atoms with van der Waals surface area (Å²) >= 11 is 0. The van der Waals surface area contributed by atoms with E-state index in [9.17, 15) is 4.79 Å². The quantitative estimate of drug-likeness (QED) is 0.701. The van der Waals surface area contributed by atoms with E-state index in [-0.39, 0.29) is 11.4 Å². The summed E-state index contributed by atoms with van der Waals surface area (Å²) < 4.78 is 10.3. The number of ether oxygens (including phenoxy) is 2. The first-order chi connectivity index (χ1) is 7.93. The van der Waals surface area contributed by atoms with E-state index in [2.05, 4.69) is 26.8 Å². The molecule has 0 aliphatic carbocycles. The minimum absolute atomic E-state index is 0.0143. The average molecular weight is 234 g/mol. The van der Waals surface area contributed by atoms with Crippen LogP contribution in [0, 0.1) is 0 Å². The number of esters is 1. The summed E-state index contributed by atoms with van der Waals surface area (Å²) in [5, 5.41) is 0. The lowest BCUT2D eigenvalue weighted by atomic mass is 9.84. The fraction of sp³-hybridized carbons (Fsp3) is 0.500. The van der Waals surface area contributed by atoms with Crippen LogP contribution in [0.5, 0.6) is 5.75 Å². The minimum atomic E-state index is -0.325. The topological polar surface area (TPSA) is 35.5 Å². The molecule has 0 amide bonds. The van der Waals surface area contributed by atoms with E-state index in [4.69, 9.17) is 9.47 Å². The van der Waals surface area contributed by atoms with Crippen LogP contribution in [0.2, 0.25) is 0 Å². The van der Waals surface area contributed by atoms with Crippen LogP contribution in [0.1, 0.15) is 42.3 Å². The van der Waals surface area contributed by atoms with Crippen molar-refractivity contribution in [1.82, 2.24) is 0 Å². The highest BCUT2D eigenvalue weighted by Gasteiger charge is 2.25. The molecule has 3 heteroatoms. The van der Waals surface area contributed by atoms with E-state index in [1.165, 1.54) is 7.11 Å². The lowest BCUT2D eigenvalue weighted by Gasteiger charge is -2.21. The van der Waals surface area contributed by atoms with Crippen LogP contribution in [-0.2, 0) is 16.6 Å². The molecule has 0 fully saturated rings. The van der Waals surface area contributed by atoms with Gasteiger partial charge in [-0.15, -0.1) is 0 Å². The predicted molar refractivity (Wildman–Crippen MR) is 65.7 cm³/mol. The molecule has 17 heavy (non-hydrogen) atoms. The molecule has 1 heterocycles. The van der Waals surface area contributed by atoms with Crippen molar-refractivity contribution >= 4 is 5.97 Å². The maximum atomic E-state index is 11.8. The third-order valence-electron chi connectivity index (χ3n) is 3.05. The normalized spacial score (nSPS) is 14.1. The molecule has 0 radical (unpaired) electrons. The molecule has 0 atom stereocenters. The zero-order valence-electron chi connectivity index (χ0n) is 10.8. The Labute approximate surface area is 102 Å². The molecule has 1 aromatic rings. The highest BCUT2D eigenvalue weighted by Crippen LogP contribution is 2.35. The van der Waals surface area contributed by atoms with E-state index in [0.717, 1.165) is 17.5 Å². The second-order valence-corrected chi connectivity index (χ2v) is 5.35. The zero-order valence-corrected chi connectivity index (χ0v) is 10.8. The number of carbonyl (C=O) groups excluding carboxylic acids is 1. The number of hydrogen-bond acceptors (Lipinski definition) is 3. The lowest BCUT2D eigenvalue weighted by molar-refractivity contribution is 0.0597. The molecule has 0 aromatic heterocycles. The third kappa shape index (κ3) is 2.14. The van der Waals surface area contributed by atoms with Gasteiger partial charge < -0.3 is 9.47 Å². The number of hydrogen-bond donors (Lipinski definition) is 0. The van der Waals surface area contributed by atoms with Crippen molar-refractivity contribution in [3.8, 4) is 5.75 Å². The minimum Gasteiger partial charge on any atom is -0.492 e. The highest BCUT2D eigenvalue weighted by molar-refractivity contribution is 5.93. The van der Waals surface area contributed by atoms with Gasteiger partial charge in [-0.05, 0) is 22.6 Å². The summed E-state index contributed by atoms with van der Waals surface area (Å²) in [5.41, 5.74) is 2.81. The van der Waals surface area contributed by atoms with Gasteiger partial charge >= 0.3 is 5.97 Å². The lowest BCUT2D eigenvalue weighted by Crippen LogP contribution is -2.14. The Kier molecular flexibility index (Phi) is 2.86. The zero-order chi connectivity index (χ0) is 12.6. The van der Waals surface area contributed by atoms with E-state index < -0.39 is 0 Å². The molecule has 92 valence electrons. The van der Waals surface area contributed by atoms with Crippen molar-refractivity contribution in [3.63, 3.8) is 0 Å². The van der Waals surface area contributed by atoms with Gasteiger partial charge in [-0.1, -0.05) is 26.8 Å². The van der Waals surface area contributed by atoms with Crippen molar-refractivity contribution in [2.24, 2.45) is 0 Å². The van der Waals surface area contributed by atoms with Gasteiger partial charge in [0.15, 0.2) is 0 Å². The van der Waals surface area contributed by atoms with Crippen LogP contribution in [0.4, 0.5) is 0 Å². The summed E-state index contributed by atoms with van der Waals surface area (Å²) in [6.07, 6.45) is 0.864. The van der Waals surface area contributed by atoms with Crippen molar-refractivity contribution in [2.75, 3.05) is 13.7 Å². The maximum Gasteiger partial charge on any atom is 0.341 e. The standard InChI is InChI=1S/C14H18O3/c1-14(2,3)10-7-9-5-6-17-12(9)11(8-10)13(15)16-4/h7-8H,5-6H2,1-4H3. The van der Waals surface area contributed by atoms with Crippen molar-refractivity contribution < 1.29 is 14.3 Å². The Hall–Kier alpha value is -1.51. The maximum absolute atomic E-state index is 11.8. The summed E-state index contributed by atoms with van der Waals surface area (Å²) in [6, 6.07) is 4.02. The third-order valence-corrected chi connectivity index (χ3v) is 3.05. The summed E-state index contributed by atoms with van der Waals surface area (Å²) in [6.45, 7) is 7.04. The molecule has 1 aliphatic rings. The van der Waals surface area contributed by atoms with Crippen LogP contribution in [-0.4, -0.2) is 19.7 Å². The Morgan fingerprint density at radius 1 is 1.35 bits per heavy atom. The highest BCUT2D eigenvalue weighted by atomic mass is 16.5. The van der Waals surface area contributed by atoms with Crippen LogP contribution in [0.15, 0.2) is 12.1 Å². The SMILES string of the molecule is COC(=O)c1cc(C(C)(C)C)cc2c1OCC2. The van der Waals surface area contributed by atoms with Gasteiger partial charge in [-0.3, -0.25) is 0 Å². The molecule has 0 saturated carbocycles. The molecular formula is C14H18O3. The van der Waals surface area contributed by atoms with Crippen molar-refractivity contribution in [2.45, 2.75) is 32.6 Å². The first kappa shape index (κ1) is 12.0. The second kappa shape index (κ2) is 4.06. The predicted octanol–water partition coefficient (Wildman–Crippen LogP) is 2.71. The number of carbonyl (C=O) groups is 1. The van der Waals surface area contributed by atoms with Gasteiger partial charge in [0.05, 0.1) is 13.7 Å². The fourth-order valence-electron chi connectivity index (χ4n) is 2.00. The van der Waals surface area contributed by atoms with Gasteiger partial charge in [0.2, 0.25) is 0 Å². The Balaban J connectivity index is 2.58. The summed E-state index contributed by atoms with van der Waals surface area (Å²) in [5.74, 6) is 0.374. The van der Waals surface area contributed by atoms with Gasteiger partial charge in [0.25, 0.3) is 0 Å². The molecule has 0 saturated heterocycles. The average Bonchev–Trinajstić information content (AvgIpc) is 2.73. The monoisotopic (exact) mass is 234 g/mol. The molecular weight excluding hydrogens is 216 g/mol. The number of methoxy groups -OCH3 is 1. The van der Waals surface area contributed by atoms with Gasteiger partial charge in [0.1, 0.15) is 11.3 Å². The second-order valence-electron chi connectivity index (χ2n) is 5.35. The number of rotatable bonds is 1. The van der Waals surface area contributed by atoms with Crippen LogP contribution < -0.4 is 4.74 Å². The Bertz CT molecular complexity index is 455. The smallest absolute Gasteiger partial charge is 0.341 e. The number of fused-ring (bicyclic) bond motifs is 1. The van der Waals surface area contributed by atoms with Crippen LogP contribution in [0.3, 0.4) is 0 Å². The largest absolute Gasteiger partial charge is 0.492 e. The molecule has 1 aliphatic heterocycles.